The summed E-state index contributed by atoms with van der Waals surface area (Å²) in [4.78, 5) is 11.5. The number of hydrogen-bond acceptors (Lipinski definition) is 3. The van der Waals surface area contributed by atoms with Gasteiger partial charge in [-0.05, 0) is 19.9 Å². The smallest absolute Gasteiger partial charge is 0.267 e. The lowest BCUT2D eigenvalue weighted by Crippen LogP contribution is -2.22. The zero-order chi connectivity index (χ0) is 12.5. The molecule has 0 aromatic carbocycles. The van der Waals surface area contributed by atoms with Crippen molar-refractivity contribution in [3.63, 3.8) is 0 Å². The molecule has 1 amide bonds. The topological polar surface area (TPSA) is 94.2 Å². The third kappa shape index (κ3) is 2.42. The maximum absolute atomic E-state index is 11.5. The minimum atomic E-state index is -3.78. The molecule has 3 N–H and O–H groups in total. The molecule has 0 aliphatic heterocycles. The SMILES string of the molecule is CNC(=O)c1cc(S(N)(=O)=O)cn1C(C)C. The first-order valence-electron chi connectivity index (χ1n) is 4.74. The van der Waals surface area contributed by atoms with Crippen LogP contribution in [-0.4, -0.2) is 25.9 Å². The van der Waals surface area contributed by atoms with E-state index in [2.05, 4.69) is 5.32 Å². The largest absolute Gasteiger partial charge is 0.354 e. The molecule has 6 nitrogen and oxygen atoms in total. The number of hydrogen-bond donors (Lipinski definition) is 2. The van der Waals surface area contributed by atoms with Crippen LogP contribution in [0.4, 0.5) is 0 Å². The van der Waals surface area contributed by atoms with E-state index in [4.69, 9.17) is 5.14 Å². The Hall–Kier alpha value is -1.34. The van der Waals surface area contributed by atoms with E-state index in [0.29, 0.717) is 0 Å². The molecule has 1 heterocycles. The molecular formula is C9H15N3O3S. The van der Waals surface area contributed by atoms with E-state index in [1.54, 1.807) is 4.57 Å². The summed E-state index contributed by atoms with van der Waals surface area (Å²) in [5, 5.41) is 7.45. The number of rotatable bonds is 3. The zero-order valence-corrected chi connectivity index (χ0v) is 10.2. The van der Waals surface area contributed by atoms with Crippen molar-refractivity contribution in [3.8, 4) is 0 Å². The molecule has 0 saturated carbocycles. The minimum absolute atomic E-state index is 0.0252. The van der Waals surface area contributed by atoms with Gasteiger partial charge in [0.1, 0.15) is 10.6 Å². The first-order chi connectivity index (χ1) is 7.27. The fourth-order valence-corrected chi connectivity index (χ4v) is 1.88. The second-order valence-corrected chi connectivity index (χ2v) is 5.25. The summed E-state index contributed by atoms with van der Waals surface area (Å²) in [6.07, 6.45) is 1.37. The van der Waals surface area contributed by atoms with Gasteiger partial charge in [0.25, 0.3) is 5.91 Å². The highest BCUT2D eigenvalue weighted by Gasteiger charge is 2.19. The normalized spacial score (nSPS) is 11.8. The molecule has 0 aliphatic carbocycles. The van der Waals surface area contributed by atoms with Crippen molar-refractivity contribution in [2.45, 2.75) is 24.8 Å². The van der Waals surface area contributed by atoms with Crippen molar-refractivity contribution >= 4 is 15.9 Å². The first-order valence-corrected chi connectivity index (χ1v) is 6.28. The highest BCUT2D eigenvalue weighted by atomic mass is 32.2. The Balaban J connectivity index is 3.37. The third-order valence-electron chi connectivity index (χ3n) is 2.17. The van der Waals surface area contributed by atoms with Crippen LogP contribution in [0.15, 0.2) is 17.2 Å². The molecule has 0 aliphatic rings. The number of nitrogens with one attached hydrogen (secondary N) is 1. The van der Waals surface area contributed by atoms with E-state index in [1.165, 1.54) is 19.3 Å². The summed E-state index contributed by atoms with van der Waals surface area (Å²) in [5.41, 5.74) is 0.279. The van der Waals surface area contributed by atoms with Gasteiger partial charge in [0.15, 0.2) is 0 Å². The van der Waals surface area contributed by atoms with E-state index < -0.39 is 10.0 Å². The number of nitrogens with two attached hydrogens (primary N) is 1. The fourth-order valence-electron chi connectivity index (χ4n) is 1.35. The van der Waals surface area contributed by atoms with Gasteiger partial charge >= 0.3 is 0 Å². The molecule has 16 heavy (non-hydrogen) atoms. The quantitative estimate of drug-likeness (QED) is 0.789. The summed E-state index contributed by atoms with van der Waals surface area (Å²) < 4.78 is 23.9. The third-order valence-corrected chi connectivity index (χ3v) is 3.05. The number of sulfonamides is 1. The van der Waals surface area contributed by atoms with Crippen LogP contribution >= 0.6 is 0 Å². The van der Waals surface area contributed by atoms with Crippen molar-refractivity contribution in [1.82, 2.24) is 9.88 Å². The zero-order valence-electron chi connectivity index (χ0n) is 9.39. The summed E-state index contributed by atoms with van der Waals surface area (Å²) >= 11 is 0. The van der Waals surface area contributed by atoms with Gasteiger partial charge in [0.05, 0.1) is 0 Å². The monoisotopic (exact) mass is 245 g/mol. The van der Waals surface area contributed by atoms with Gasteiger partial charge < -0.3 is 9.88 Å². The van der Waals surface area contributed by atoms with E-state index >= 15 is 0 Å². The second kappa shape index (κ2) is 4.26. The van der Waals surface area contributed by atoms with Gasteiger partial charge in [0.2, 0.25) is 10.0 Å². The van der Waals surface area contributed by atoms with Crippen molar-refractivity contribution < 1.29 is 13.2 Å². The summed E-state index contributed by atoms with van der Waals surface area (Å²) in [6.45, 7) is 3.69. The number of carbonyl (C=O) groups excluding carboxylic acids is 1. The predicted molar refractivity (Wildman–Crippen MR) is 59.6 cm³/mol. The van der Waals surface area contributed by atoms with Crippen LogP contribution in [0.1, 0.15) is 30.4 Å². The lowest BCUT2D eigenvalue weighted by Gasteiger charge is -2.11. The van der Waals surface area contributed by atoms with Crippen molar-refractivity contribution in [2.75, 3.05) is 7.05 Å². The maximum atomic E-state index is 11.5. The Kier molecular flexibility index (Phi) is 3.39. The average Bonchev–Trinajstić information content (AvgIpc) is 2.60. The molecule has 0 unspecified atom stereocenters. The van der Waals surface area contributed by atoms with Gasteiger partial charge in [-0.15, -0.1) is 0 Å². The fraction of sp³-hybridized carbons (Fsp3) is 0.444. The van der Waals surface area contributed by atoms with E-state index in [1.807, 2.05) is 13.8 Å². The highest BCUT2D eigenvalue weighted by Crippen LogP contribution is 2.17. The van der Waals surface area contributed by atoms with Crippen LogP contribution in [-0.2, 0) is 10.0 Å². The molecule has 0 bridgehead atoms. The summed E-state index contributed by atoms with van der Waals surface area (Å²) in [7, 11) is -2.30. The van der Waals surface area contributed by atoms with Crippen molar-refractivity contribution in [1.29, 1.82) is 0 Å². The Labute approximate surface area is 94.5 Å². The second-order valence-electron chi connectivity index (χ2n) is 3.69. The number of nitrogens with zero attached hydrogens (tertiary/aromatic N) is 1. The van der Waals surface area contributed by atoms with Gasteiger partial charge in [0, 0.05) is 19.3 Å². The van der Waals surface area contributed by atoms with Crippen LogP contribution in [0.5, 0.6) is 0 Å². The number of amides is 1. The van der Waals surface area contributed by atoms with E-state index in [-0.39, 0.29) is 22.5 Å². The summed E-state index contributed by atoms with van der Waals surface area (Å²) in [6, 6.07) is 1.25. The molecule has 0 radical (unpaired) electrons. The Morgan fingerprint density at radius 2 is 2.06 bits per heavy atom. The standard InChI is InChI=1S/C9H15N3O3S/c1-6(2)12-5-7(16(10,14)15)4-8(12)9(13)11-3/h4-6H,1-3H3,(H,11,13)(H2,10,14,15). The average molecular weight is 245 g/mol. The minimum Gasteiger partial charge on any atom is -0.354 e. The van der Waals surface area contributed by atoms with Crippen LogP contribution in [0, 0.1) is 0 Å². The molecule has 0 fully saturated rings. The molecule has 0 atom stereocenters. The molecule has 90 valence electrons. The van der Waals surface area contributed by atoms with E-state index in [9.17, 15) is 13.2 Å². The number of primary sulfonamides is 1. The lowest BCUT2D eigenvalue weighted by atomic mass is 10.3. The van der Waals surface area contributed by atoms with Crippen LogP contribution in [0.25, 0.3) is 0 Å². The molecule has 1 aromatic heterocycles. The summed E-state index contributed by atoms with van der Waals surface area (Å²) in [5.74, 6) is -0.344. The van der Waals surface area contributed by atoms with Crippen LogP contribution < -0.4 is 10.5 Å². The molecule has 1 aromatic rings. The highest BCUT2D eigenvalue weighted by molar-refractivity contribution is 7.89. The van der Waals surface area contributed by atoms with Crippen LogP contribution in [0.2, 0.25) is 0 Å². The predicted octanol–water partition coefficient (Wildman–Crippen LogP) is 0.0760. The van der Waals surface area contributed by atoms with Gasteiger partial charge in [-0.3, -0.25) is 4.79 Å². The van der Waals surface area contributed by atoms with E-state index in [0.717, 1.165) is 0 Å². The van der Waals surface area contributed by atoms with Crippen molar-refractivity contribution in [2.24, 2.45) is 5.14 Å². The molecule has 0 spiro atoms. The number of carbonyl (C=O) groups is 1. The van der Waals surface area contributed by atoms with Gasteiger partial charge in [-0.1, -0.05) is 0 Å². The maximum Gasteiger partial charge on any atom is 0.267 e. The molecule has 1 rings (SSSR count). The lowest BCUT2D eigenvalue weighted by molar-refractivity contribution is 0.0952. The Bertz CT molecular complexity index is 502. The Morgan fingerprint density at radius 3 is 2.44 bits per heavy atom. The Morgan fingerprint density at radius 1 is 1.50 bits per heavy atom. The van der Waals surface area contributed by atoms with Crippen molar-refractivity contribution in [3.05, 3.63) is 18.0 Å². The molecule has 0 saturated heterocycles. The van der Waals surface area contributed by atoms with Crippen LogP contribution in [0.3, 0.4) is 0 Å². The first kappa shape index (κ1) is 12.7. The van der Waals surface area contributed by atoms with Gasteiger partial charge in [-0.2, -0.15) is 0 Å². The van der Waals surface area contributed by atoms with Gasteiger partial charge in [-0.25, -0.2) is 13.6 Å². The number of aromatic nitrogens is 1. The molecule has 7 heteroatoms. The molecular weight excluding hydrogens is 230 g/mol.